The van der Waals surface area contributed by atoms with Crippen molar-refractivity contribution in [3.8, 4) is 0 Å². The van der Waals surface area contributed by atoms with E-state index in [-0.39, 0.29) is 0 Å². The lowest BCUT2D eigenvalue weighted by Crippen LogP contribution is -1.93. The van der Waals surface area contributed by atoms with Gasteiger partial charge in [-0.3, -0.25) is 0 Å². The lowest BCUT2D eigenvalue weighted by molar-refractivity contribution is 0.853. The van der Waals surface area contributed by atoms with Gasteiger partial charge in [0.25, 0.3) is 0 Å². The first-order valence-electron chi connectivity index (χ1n) is 8.08. The minimum absolute atomic E-state index is 0.547. The van der Waals surface area contributed by atoms with Gasteiger partial charge in [0, 0.05) is 0 Å². The van der Waals surface area contributed by atoms with Gasteiger partial charge in [-0.1, -0.05) is 67.4 Å². The summed E-state index contributed by atoms with van der Waals surface area (Å²) in [5.41, 5.74) is 11.0. The lowest BCUT2D eigenvalue weighted by atomic mass is 9.95. The summed E-state index contributed by atoms with van der Waals surface area (Å²) in [6.45, 7) is 11.2. The fraction of sp³-hybridized carbons (Fsp3) is 0.273. The molecule has 112 valence electrons. The van der Waals surface area contributed by atoms with Gasteiger partial charge in [0.2, 0.25) is 0 Å². The Morgan fingerprint density at radius 1 is 0.773 bits per heavy atom. The third-order valence-corrected chi connectivity index (χ3v) is 4.53. The molecule has 0 unspecified atom stereocenters. The molecule has 1 aliphatic carbocycles. The molecule has 0 aromatic heterocycles. The van der Waals surface area contributed by atoms with Crippen LogP contribution in [-0.2, 0) is 0 Å². The average Bonchev–Trinajstić information content (AvgIpc) is 2.74. The van der Waals surface area contributed by atoms with Gasteiger partial charge < -0.3 is 0 Å². The van der Waals surface area contributed by atoms with Gasteiger partial charge in [0.05, 0.1) is 0 Å². The Bertz CT molecular complexity index is 768. The number of aryl methyl sites for hydroxylation is 2. The van der Waals surface area contributed by atoms with E-state index in [1.165, 1.54) is 44.5 Å². The zero-order valence-corrected chi connectivity index (χ0v) is 14.2. The third kappa shape index (κ3) is 2.54. The first-order chi connectivity index (χ1) is 10.5. The van der Waals surface area contributed by atoms with Crippen LogP contribution in [-0.4, -0.2) is 0 Å². The highest BCUT2D eigenvalue weighted by Gasteiger charge is 2.25. The summed E-state index contributed by atoms with van der Waals surface area (Å²) in [5, 5.41) is 0. The number of hydrogen-bond acceptors (Lipinski definition) is 0. The molecule has 1 aliphatic rings. The summed E-state index contributed by atoms with van der Waals surface area (Å²) in [6, 6.07) is 15.6. The van der Waals surface area contributed by atoms with Crippen LogP contribution in [0.4, 0.5) is 0 Å². The average molecular weight is 288 g/mol. The number of hydrogen-bond donors (Lipinski definition) is 0. The van der Waals surface area contributed by atoms with Gasteiger partial charge in [-0.15, -0.1) is 0 Å². The molecule has 22 heavy (non-hydrogen) atoms. The summed E-state index contributed by atoms with van der Waals surface area (Å²) >= 11 is 0. The predicted octanol–water partition coefficient (Wildman–Crippen LogP) is 6.29. The molecule has 2 aromatic carbocycles. The van der Waals surface area contributed by atoms with Crippen LogP contribution in [0.1, 0.15) is 48.6 Å². The number of fused-ring (bicyclic) bond motifs is 1. The molecule has 0 fully saturated rings. The van der Waals surface area contributed by atoms with Crippen LogP contribution in [0, 0.1) is 19.8 Å². The summed E-state index contributed by atoms with van der Waals surface area (Å²) in [4.78, 5) is 0. The van der Waals surface area contributed by atoms with Crippen molar-refractivity contribution < 1.29 is 0 Å². The van der Waals surface area contributed by atoms with Crippen molar-refractivity contribution in [1.82, 2.24) is 0 Å². The smallest absolute Gasteiger partial charge is 0.0103 e. The van der Waals surface area contributed by atoms with Crippen LogP contribution >= 0.6 is 0 Å². The zero-order chi connectivity index (χ0) is 15.9. The molecule has 3 rings (SSSR count). The zero-order valence-electron chi connectivity index (χ0n) is 14.2. The monoisotopic (exact) mass is 288 g/mol. The molecule has 0 radical (unpaired) electrons. The van der Waals surface area contributed by atoms with Crippen molar-refractivity contribution in [3.05, 3.63) is 75.9 Å². The topological polar surface area (TPSA) is 0 Å². The molecule has 0 spiro atoms. The van der Waals surface area contributed by atoms with Crippen LogP contribution in [0.3, 0.4) is 0 Å². The normalized spacial score (nSPS) is 15.8. The van der Waals surface area contributed by atoms with Crippen molar-refractivity contribution in [2.24, 2.45) is 5.92 Å². The first-order valence-corrected chi connectivity index (χ1v) is 8.08. The van der Waals surface area contributed by atoms with Crippen molar-refractivity contribution in [2.75, 3.05) is 0 Å². The molecular formula is C22H24. The highest BCUT2D eigenvalue weighted by atomic mass is 14.3. The maximum atomic E-state index is 2.34. The molecular weight excluding hydrogens is 264 g/mol. The Morgan fingerprint density at radius 3 is 2.05 bits per heavy atom. The Kier molecular flexibility index (Phi) is 3.78. The van der Waals surface area contributed by atoms with Crippen LogP contribution in [0.5, 0.6) is 0 Å². The fourth-order valence-corrected chi connectivity index (χ4v) is 3.42. The number of allylic oxidation sites excluding steroid dienone is 3. The molecule has 0 saturated heterocycles. The van der Waals surface area contributed by atoms with E-state index >= 15 is 0 Å². The van der Waals surface area contributed by atoms with Crippen LogP contribution in [0.2, 0.25) is 0 Å². The van der Waals surface area contributed by atoms with E-state index in [1.54, 1.807) is 0 Å². The van der Waals surface area contributed by atoms with Crippen molar-refractivity contribution in [1.29, 1.82) is 0 Å². The second-order valence-electron chi connectivity index (χ2n) is 6.71. The van der Waals surface area contributed by atoms with E-state index in [4.69, 9.17) is 0 Å². The van der Waals surface area contributed by atoms with Crippen molar-refractivity contribution in [2.45, 2.75) is 34.6 Å². The summed E-state index contributed by atoms with van der Waals surface area (Å²) in [6.07, 6.45) is 2.34. The van der Waals surface area contributed by atoms with Crippen LogP contribution in [0.25, 0.3) is 17.2 Å². The maximum Gasteiger partial charge on any atom is -0.0103 e. The lowest BCUT2D eigenvalue weighted by Gasteiger charge is -2.10. The molecule has 0 aliphatic heterocycles. The van der Waals surface area contributed by atoms with E-state index < -0.39 is 0 Å². The van der Waals surface area contributed by atoms with Gasteiger partial charge in [0.1, 0.15) is 0 Å². The predicted molar refractivity (Wildman–Crippen MR) is 97.7 cm³/mol. The van der Waals surface area contributed by atoms with E-state index in [0.29, 0.717) is 5.92 Å². The highest BCUT2D eigenvalue weighted by Crippen LogP contribution is 2.45. The molecule has 2 aromatic rings. The van der Waals surface area contributed by atoms with E-state index in [9.17, 15) is 0 Å². The molecule has 0 atom stereocenters. The summed E-state index contributed by atoms with van der Waals surface area (Å²) in [5.74, 6) is 0.547. The van der Waals surface area contributed by atoms with Crippen molar-refractivity contribution in [3.63, 3.8) is 0 Å². The molecule has 0 saturated carbocycles. The van der Waals surface area contributed by atoms with E-state index in [1.807, 2.05) is 0 Å². The SMILES string of the molecule is CC1=C(C(C)C)c2ccc(C)cc2C1=Cc1ccc(C)cc1. The molecule has 0 amide bonds. The first kappa shape index (κ1) is 14.8. The number of benzene rings is 2. The van der Waals surface area contributed by atoms with E-state index in [2.05, 4.69) is 83.2 Å². The Balaban J connectivity index is 2.19. The molecule has 0 nitrogen and oxygen atoms in total. The summed E-state index contributed by atoms with van der Waals surface area (Å²) in [7, 11) is 0. The standard InChI is InChI=1S/C22H24/c1-14(2)22-17(5)20(13-18-9-6-15(3)7-10-18)21-12-16(4)8-11-19(21)22/h6-14H,1-5H3. The Morgan fingerprint density at radius 2 is 1.41 bits per heavy atom. The minimum atomic E-state index is 0.547. The maximum absolute atomic E-state index is 2.34. The largest absolute Gasteiger partial charge is 0.0587 e. The van der Waals surface area contributed by atoms with Gasteiger partial charge >= 0.3 is 0 Å². The van der Waals surface area contributed by atoms with Gasteiger partial charge in [-0.25, -0.2) is 0 Å². The van der Waals surface area contributed by atoms with Gasteiger partial charge in [-0.2, -0.15) is 0 Å². The minimum Gasteiger partial charge on any atom is -0.0587 e. The third-order valence-electron chi connectivity index (χ3n) is 4.53. The van der Waals surface area contributed by atoms with Gasteiger partial charge in [0.15, 0.2) is 0 Å². The second kappa shape index (κ2) is 5.61. The summed E-state index contributed by atoms with van der Waals surface area (Å²) < 4.78 is 0. The van der Waals surface area contributed by atoms with Crippen LogP contribution < -0.4 is 0 Å². The van der Waals surface area contributed by atoms with Gasteiger partial charge in [-0.05, 0) is 66.2 Å². The number of rotatable bonds is 2. The molecule has 0 heterocycles. The van der Waals surface area contributed by atoms with Crippen molar-refractivity contribution >= 4 is 17.2 Å². The molecule has 0 N–H and O–H groups in total. The molecule has 0 bridgehead atoms. The second-order valence-corrected chi connectivity index (χ2v) is 6.71. The Hall–Kier alpha value is -2.08. The highest BCUT2D eigenvalue weighted by molar-refractivity contribution is 6.05. The quantitative estimate of drug-likeness (QED) is 0.609. The molecule has 0 heteroatoms. The van der Waals surface area contributed by atoms with E-state index in [0.717, 1.165) is 0 Å². The van der Waals surface area contributed by atoms with Crippen LogP contribution in [0.15, 0.2) is 48.0 Å². The fourth-order valence-electron chi connectivity index (χ4n) is 3.42. The Labute approximate surface area is 134 Å².